The van der Waals surface area contributed by atoms with Crippen LogP contribution in [0.15, 0.2) is 59.1 Å². The average molecular weight is 306 g/mol. The van der Waals surface area contributed by atoms with E-state index in [0.29, 0.717) is 0 Å². The van der Waals surface area contributed by atoms with Crippen LogP contribution in [0, 0.1) is 0 Å². The van der Waals surface area contributed by atoms with E-state index in [-0.39, 0.29) is 12.1 Å². The highest BCUT2D eigenvalue weighted by molar-refractivity contribution is 9.10. The first-order chi connectivity index (χ1) is 8.68. The van der Waals surface area contributed by atoms with Crippen LogP contribution in [0.3, 0.4) is 0 Å². The van der Waals surface area contributed by atoms with Crippen LogP contribution in [0.25, 0.3) is 0 Å². The number of para-hydroxylation sites is 1. The van der Waals surface area contributed by atoms with Crippen molar-refractivity contribution < 1.29 is 4.74 Å². The fourth-order valence-corrected chi connectivity index (χ4v) is 2.32. The van der Waals surface area contributed by atoms with Gasteiger partial charge in [-0.2, -0.15) is 0 Å². The summed E-state index contributed by atoms with van der Waals surface area (Å²) in [6, 6.07) is 17.6. The summed E-state index contributed by atoms with van der Waals surface area (Å²) in [7, 11) is 0. The Kier molecular flexibility index (Phi) is 4.39. The van der Waals surface area contributed by atoms with Crippen LogP contribution in [0.4, 0.5) is 0 Å². The molecule has 0 heterocycles. The van der Waals surface area contributed by atoms with E-state index in [0.717, 1.165) is 15.8 Å². The van der Waals surface area contributed by atoms with Crippen LogP contribution in [0.5, 0.6) is 5.75 Å². The minimum atomic E-state index is -0.164. The third-order valence-corrected chi connectivity index (χ3v) is 3.42. The molecule has 94 valence electrons. The molecule has 0 saturated heterocycles. The minimum absolute atomic E-state index is 0.0936. The molecule has 0 aliphatic carbocycles. The number of rotatable bonds is 4. The molecule has 2 unspecified atom stereocenters. The van der Waals surface area contributed by atoms with Crippen LogP contribution in [0.2, 0.25) is 0 Å². The lowest BCUT2D eigenvalue weighted by molar-refractivity contribution is 0.179. The monoisotopic (exact) mass is 305 g/mol. The minimum Gasteiger partial charge on any atom is -0.484 e. The molecule has 0 radical (unpaired) electrons. The molecular formula is C15H16BrNO. The zero-order valence-corrected chi connectivity index (χ0v) is 11.8. The van der Waals surface area contributed by atoms with Gasteiger partial charge in [0.1, 0.15) is 11.9 Å². The van der Waals surface area contributed by atoms with Gasteiger partial charge in [-0.25, -0.2) is 0 Å². The van der Waals surface area contributed by atoms with E-state index in [1.54, 1.807) is 0 Å². The molecule has 2 atom stereocenters. The molecule has 18 heavy (non-hydrogen) atoms. The fraction of sp³-hybridized carbons (Fsp3) is 0.200. The molecule has 2 nitrogen and oxygen atoms in total. The lowest BCUT2D eigenvalue weighted by atomic mass is 10.0. The maximum Gasteiger partial charge on any atom is 0.140 e. The van der Waals surface area contributed by atoms with E-state index in [1.807, 2.05) is 61.5 Å². The summed E-state index contributed by atoms with van der Waals surface area (Å²) in [6.07, 6.45) is -0.164. The van der Waals surface area contributed by atoms with Gasteiger partial charge in [-0.3, -0.25) is 0 Å². The molecule has 0 amide bonds. The molecule has 2 rings (SSSR count). The van der Waals surface area contributed by atoms with E-state index < -0.39 is 0 Å². The van der Waals surface area contributed by atoms with Crippen molar-refractivity contribution in [3.63, 3.8) is 0 Å². The van der Waals surface area contributed by atoms with Crippen molar-refractivity contribution in [1.82, 2.24) is 0 Å². The van der Waals surface area contributed by atoms with Gasteiger partial charge >= 0.3 is 0 Å². The Morgan fingerprint density at radius 3 is 2.22 bits per heavy atom. The molecule has 3 heteroatoms. The highest BCUT2D eigenvalue weighted by atomic mass is 79.9. The van der Waals surface area contributed by atoms with Crippen molar-refractivity contribution in [2.75, 3.05) is 0 Å². The largest absolute Gasteiger partial charge is 0.484 e. The van der Waals surface area contributed by atoms with Crippen molar-refractivity contribution in [2.45, 2.75) is 19.1 Å². The maximum absolute atomic E-state index is 6.04. The summed E-state index contributed by atoms with van der Waals surface area (Å²) < 4.78 is 7.00. The van der Waals surface area contributed by atoms with Gasteiger partial charge in [-0.1, -0.05) is 52.3 Å². The van der Waals surface area contributed by atoms with Gasteiger partial charge < -0.3 is 10.5 Å². The smallest absolute Gasteiger partial charge is 0.140 e. The van der Waals surface area contributed by atoms with Crippen molar-refractivity contribution in [3.8, 4) is 5.75 Å². The van der Waals surface area contributed by atoms with Gasteiger partial charge in [0.15, 0.2) is 0 Å². The normalized spacial score (nSPS) is 13.9. The maximum atomic E-state index is 6.04. The average Bonchev–Trinajstić information content (AvgIpc) is 2.38. The summed E-state index contributed by atoms with van der Waals surface area (Å²) in [5, 5.41) is 0. The first-order valence-electron chi connectivity index (χ1n) is 5.90. The Balaban J connectivity index is 2.27. The van der Waals surface area contributed by atoms with Gasteiger partial charge in [0.25, 0.3) is 0 Å². The molecule has 2 N–H and O–H groups in total. The van der Waals surface area contributed by atoms with E-state index in [1.165, 1.54) is 0 Å². The predicted molar refractivity (Wildman–Crippen MR) is 77.6 cm³/mol. The molecule has 0 aliphatic heterocycles. The van der Waals surface area contributed by atoms with Gasteiger partial charge in [0, 0.05) is 16.1 Å². The Morgan fingerprint density at radius 1 is 1.00 bits per heavy atom. The first-order valence-corrected chi connectivity index (χ1v) is 6.69. The van der Waals surface area contributed by atoms with E-state index >= 15 is 0 Å². The third kappa shape index (κ3) is 3.12. The highest BCUT2D eigenvalue weighted by Crippen LogP contribution is 2.29. The quantitative estimate of drug-likeness (QED) is 0.929. The standard InChI is InChI=1S/C15H16BrNO/c1-11(17)15(13-9-5-6-10-14(13)16)18-12-7-3-2-4-8-12/h2-11,15H,17H2,1H3. The second-order valence-electron chi connectivity index (χ2n) is 4.23. The molecule has 0 fully saturated rings. The molecule has 0 aromatic heterocycles. The van der Waals surface area contributed by atoms with Gasteiger partial charge in [-0.05, 0) is 25.1 Å². The van der Waals surface area contributed by atoms with Crippen molar-refractivity contribution in [2.24, 2.45) is 5.73 Å². The van der Waals surface area contributed by atoms with Crippen molar-refractivity contribution in [3.05, 3.63) is 64.6 Å². The lowest BCUT2D eigenvalue weighted by Gasteiger charge is -2.24. The first kappa shape index (κ1) is 13.1. The second kappa shape index (κ2) is 6.03. The van der Waals surface area contributed by atoms with E-state index in [2.05, 4.69) is 15.9 Å². The number of hydrogen-bond donors (Lipinski definition) is 1. The topological polar surface area (TPSA) is 35.2 Å². The van der Waals surface area contributed by atoms with Gasteiger partial charge in [0.05, 0.1) is 0 Å². The molecule has 0 spiro atoms. The number of benzene rings is 2. The SMILES string of the molecule is CC(N)C(Oc1ccccc1)c1ccccc1Br. The molecule has 2 aromatic rings. The van der Waals surface area contributed by atoms with E-state index in [4.69, 9.17) is 10.5 Å². The Hall–Kier alpha value is -1.32. The summed E-state index contributed by atoms with van der Waals surface area (Å²) in [5.41, 5.74) is 7.11. The van der Waals surface area contributed by atoms with E-state index in [9.17, 15) is 0 Å². The predicted octanol–water partition coefficient (Wildman–Crippen LogP) is 3.92. The number of hydrogen-bond acceptors (Lipinski definition) is 2. The highest BCUT2D eigenvalue weighted by Gasteiger charge is 2.20. The van der Waals surface area contributed by atoms with Crippen LogP contribution < -0.4 is 10.5 Å². The summed E-state index contributed by atoms with van der Waals surface area (Å²) >= 11 is 3.54. The molecule has 0 saturated carbocycles. The van der Waals surface area contributed by atoms with Crippen LogP contribution >= 0.6 is 15.9 Å². The third-order valence-electron chi connectivity index (χ3n) is 2.70. The second-order valence-corrected chi connectivity index (χ2v) is 5.09. The van der Waals surface area contributed by atoms with Crippen LogP contribution in [-0.4, -0.2) is 6.04 Å². The number of nitrogens with two attached hydrogens (primary N) is 1. The van der Waals surface area contributed by atoms with Crippen LogP contribution in [-0.2, 0) is 0 Å². The van der Waals surface area contributed by atoms with Gasteiger partial charge in [-0.15, -0.1) is 0 Å². The number of ether oxygens (including phenoxy) is 1. The zero-order chi connectivity index (χ0) is 13.0. The van der Waals surface area contributed by atoms with Gasteiger partial charge in [0.2, 0.25) is 0 Å². The molecule has 0 aliphatic rings. The fourth-order valence-electron chi connectivity index (χ4n) is 1.81. The summed E-state index contributed by atoms with van der Waals surface area (Å²) in [6.45, 7) is 1.95. The Morgan fingerprint density at radius 2 is 1.61 bits per heavy atom. The molecular weight excluding hydrogens is 290 g/mol. The lowest BCUT2D eigenvalue weighted by Crippen LogP contribution is -2.29. The molecule has 0 bridgehead atoms. The Bertz CT molecular complexity index is 499. The van der Waals surface area contributed by atoms with Crippen molar-refractivity contribution in [1.29, 1.82) is 0 Å². The van der Waals surface area contributed by atoms with Crippen molar-refractivity contribution >= 4 is 15.9 Å². The summed E-state index contributed by atoms with van der Waals surface area (Å²) in [5.74, 6) is 0.829. The Labute approximate surface area is 116 Å². The molecule has 2 aromatic carbocycles. The van der Waals surface area contributed by atoms with Crippen LogP contribution in [0.1, 0.15) is 18.6 Å². The summed E-state index contributed by atoms with van der Waals surface area (Å²) in [4.78, 5) is 0. The number of halogens is 1. The zero-order valence-electron chi connectivity index (χ0n) is 10.2.